The summed E-state index contributed by atoms with van der Waals surface area (Å²) in [5.74, 6) is 3.02. The van der Waals surface area contributed by atoms with Crippen LogP contribution in [-0.4, -0.2) is 40.4 Å². The Balaban J connectivity index is 1.58. The monoisotopic (exact) mass is 402 g/mol. The first-order chi connectivity index (χ1) is 14.6. The predicted molar refractivity (Wildman–Crippen MR) is 115 cm³/mol. The Labute approximate surface area is 175 Å². The second kappa shape index (κ2) is 8.94. The molecule has 0 aliphatic heterocycles. The van der Waals surface area contributed by atoms with Gasteiger partial charge in [-0.2, -0.15) is 10.3 Å². The summed E-state index contributed by atoms with van der Waals surface area (Å²) in [5, 5.41) is 19.0. The summed E-state index contributed by atoms with van der Waals surface area (Å²) >= 11 is 0. The molecule has 0 saturated carbocycles. The lowest BCUT2D eigenvalue weighted by Gasteiger charge is -2.08. The molecule has 0 aliphatic carbocycles. The lowest BCUT2D eigenvalue weighted by molar-refractivity contribution is 0.595. The van der Waals surface area contributed by atoms with Crippen LogP contribution in [0.4, 0.5) is 0 Å². The molecule has 8 heteroatoms. The third kappa shape index (κ3) is 4.42. The third-order valence-electron chi connectivity index (χ3n) is 4.82. The fourth-order valence-electron chi connectivity index (χ4n) is 3.45. The topological polar surface area (TPSA) is 98.1 Å². The first-order valence-electron chi connectivity index (χ1n) is 10.3. The van der Waals surface area contributed by atoms with Crippen molar-refractivity contribution in [3.05, 3.63) is 59.8 Å². The fraction of sp³-hybridized carbons (Fsp3) is 0.364. The number of benzene rings is 1. The number of aromatic amines is 1. The molecule has 0 atom stereocenters. The highest BCUT2D eigenvalue weighted by atomic mass is 15.5. The minimum atomic E-state index is 0.485. The lowest BCUT2D eigenvalue weighted by atomic mass is 10.0. The van der Waals surface area contributed by atoms with E-state index in [2.05, 4.69) is 70.6 Å². The van der Waals surface area contributed by atoms with E-state index in [0.717, 1.165) is 42.0 Å². The Morgan fingerprint density at radius 2 is 1.93 bits per heavy atom. The number of rotatable bonds is 8. The highest BCUT2D eigenvalue weighted by molar-refractivity contribution is 5.77. The summed E-state index contributed by atoms with van der Waals surface area (Å²) in [6.45, 7) is 7.27. The number of hydrogen-bond acceptors (Lipinski definition) is 6. The smallest absolute Gasteiger partial charge is 0.223 e. The Morgan fingerprint density at radius 3 is 2.63 bits per heavy atom. The third-order valence-corrected chi connectivity index (χ3v) is 4.82. The van der Waals surface area contributed by atoms with Gasteiger partial charge < -0.3 is 0 Å². The van der Waals surface area contributed by atoms with Crippen molar-refractivity contribution < 1.29 is 0 Å². The predicted octanol–water partition coefficient (Wildman–Crippen LogP) is 3.72. The molecular formula is C22H26N8. The highest BCUT2D eigenvalue weighted by Crippen LogP contribution is 2.28. The molecule has 154 valence electrons. The van der Waals surface area contributed by atoms with Gasteiger partial charge in [0.1, 0.15) is 11.5 Å². The van der Waals surface area contributed by atoms with E-state index >= 15 is 0 Å². The summed E-state index contributed by atoms with van der Waals surface area (Å²) in [5.41, 5.74) is 3.91. The van der Waals surface area contributed by atoms with E-state index < -0.39 is 0 Å². The van der Waals surface area contributed by atoms with Gasteiger partial charge >= 0.3 is 0 Å². The summed E-state index contributed by atoms with van der Waals surface area (Å²) in [7, 11) is 0. The first kappa shape index (κ1) is 19.9. The Hall–Kier alpha value is -3.42. The van der Waals surface area contributed by atoms with Crippen LogP contribution >= 0.6 is 0 Å². The van der Waals surface area contributed by atoms with Crippen LogP contribution in [-0.2, 0) is 19.4 Å². The molecule has 0 amide bonds. The second-order valence-corrected chi connectivity index (χ2v) is 7.78. The van der Waals surface area contributed by atoms with Gasteiger partial charge in [0.25, 0.3) is 0 Å². The second-order valence-electron chi connectivity index (χ2n) is 7.78. The van der Waals surface area contributed by atoms with E-state index in [1.54, 1.807) is 6.20 Å². The van der Waals surface area contributed by atoms with Gasteiger partial charge in [0.15, 0.2) is 5.82 Å². The highest BCUT2D eigenvalue weighted by Gasteiger charge is 2.14. The maximum atomic E-state index is 4.76. The van der Waals surface area contributed by atoms with E-state index in [-0.39, 0.29) is 0 Å². The number of aromatic nitrogens is 8. The van der Waals surface area contributed by atoms with Crippen LogP contribution in [0.15, 0.2) is 42.6 Å². The number of hydrogen-bond donors (Lipinski definition) is 1. The van der Waals surface area contributed by atoms with E-state index in [1.807, 2.05) is 16.8 Å². The molecule has 0 radical (unpaired) electrons. The van der Waals surface area contributed by atoms with Gasteiger partial charge in [-0.25, -0.2) is 9.67 Å². The van der Waals surface area contributed by atoms with Crippen LogP contribution in [0, 0.1) is 5.92 Å². The zero-order chi connectivity index (χ0) is 20.9. The van der Waals surface area contributed by atoms with Crippen LogP contribution in [0.2, 0.25) is 0 Å². The van der Waals surface area contributed by atoms with Crippen molar-refractivity contribution in [2.45, 2.75) is 46.6 Å². The quantitative estimate of drug-likeness (QED) is 0.482. The van der Waals surface area contributed by atoms with Crippen LogP contribution in [0.3, 0.4) is 0 Å². The van der Waals surface area contributed by atoms with Crippen molar-refractivity contribution in [3.8, 4) is 22.6 Å². The van der Waals surface area contributed by atoms with E-state index in [1.165, 1.54) is 5.56 Å². The van der Waals surface area contributed by atoms with Crippen molar-refractivity contribution in [3.63, 3.8) is 0 Å². The van der Waals surface area contributed by atoms with Crippen molar-refractivity contribution >= 4 is 0 Å². The van der Waals surface area contributed by atoms with Crippen LogP contribution in [0.25, 0.3) is 22.6 Å². The van der Waals surface area contributed by atoms with E-state index in [4.69, 9.17) is 10.1 Å². The molecule has 4 aromatic rings. The first-order valence-corrected chi connectivity index (χ1v) is 10.3. The number of nitrogens with zero attached hydrogens (tertiary/aromatic N) is 7. The molecule has 0 bridgehead atoms. The summed E-state index contributed by atoms with van der Waals surface area (Å²) in [4.78, 5) is 9.20. The molecule has 0 aliphatic rings. The molecule has 3 aromatic heterocycles. The minimum Gasteiger partial charge on any atom is -0.252 e. The normalized spacial score (nSPS) is 11.3. The van der Waals surface area contributed by atoms with Crippen molar-refractivity contribution in [1.82, 2.24) is 40.4 Å². The zero-order valence-corrected chi connectivity index (χ0v) is 17.6. The molecule has 4 rings (SSSR count). The molecule has 0 saturated heterocycles. The number of nitrogens with one attached hydrogen (secondary N) is 1. The van der Waals surface area contributed by atoms with Crippen LogP contribution in [0.5, 0.6) is 0 Å². The van der Waals surface area contributed by atoms with Gasteiger partial charge in [-0.3, -0.25) is 4.98 Å². The fourth-order valence-corrected chi connectivity index (χ4v) is 3.45. The average Bonchev–Trinajstić information content (AvgIpc) is 3.39. The molecule has 0 unspecified atom stereocenters. The molecule has 1 N–H and O–H groups in total. The van der Waals surface area contributed by atoms with E-state index in [9.17, 15) is 0 Å². The van der Waals surface area contributed by atoms with Gasteiger partial charge in [-0.15, -0.1) is 10.2 Å². The molecule has 0 fully saturated rings. The Bertz CT molecular complexity index is 1080. The molecule has 0 spiro atoms. The maximum absolute atomic E-state index is 4.76. The summed E-state index contributed by atoms with van der Waals surface area (Å²) in [6, 6.07) is 12.4. The molecular weight excluding hydrogens is 376 g/mol. The Kier molecular flexibility index (Phi) is 5.92. The van der Waals surface area contributed by atoms with Gasteiger partial charge in [0.2, 0.25) is 5.82 Å². The summed E-state index contributed by atoms with van der Waals surface area (Å²) < 4.78 is 2.05. The molecule has 8 nitrogen and oxygen atoms in total. The van der Waals surface area contributed by atoms with Crippen LogP contribution < -0.4 is 0 Å². The molecule has 30 heavy (non-hydrogen) atoms. The van der Waals surface area contributed by atoms with Gasteiger partial charge in [0.05, 0.1) is 6.54 Å². The van der Waals surface area contributed by atoms with Crippen LogP contribution in [0.1, 0.15) is 44.4 Å². The lowest BCUT2D eigenvalue weighted by Crippen LogP contribution is -2.07. The van der Waals surface area contributed by atoms with Crippen molar-refractivity contribution in [2.24, 2.45) is 5.92 Å². The molecule has 1 aromatic carbocycles. The minimum absolute atomic E-state index is 0.485. The van der Waals surface area contributed by atoms with E-state index in [0.29, 0.717) is 24.0 Å². The maximum Gasteiger partial charge on any atom is 0.223 e. The Morgan fingerprint density at radius 1 is 1.10 bits per heavy atom. The zero-order valence-electron chi connectivity index (χ0n) is 17.6. The average molecular weight is 403 g/mol. The van der Waals surface area contributed by atoms with Gasteiger partial charge in [-0.1, -0.05) is 51.1 Å². The number of aryl methyl sites for hydroxylation is 1. The molecule has 3 heterocycles. The number of pyridine rings is 1. The summed E-state index contributed by atoms with van der Waals surface area (Å²) in [6.07, 6.45) is 4.63. The van der Waals surface area contributed by atoms with Gasteiger partial charge in [0, 0.05) is 24.6 Å². The number of tetrazole rings is 1. The SMILES string of the molecule is CCCc1nc(CC(C)C)nn1Cc1ccc(-c2cccnc2-c2nn[nH]n2)cc1. The van der Waals surface area contributed by atoms with Gasteiger partial charge in [-0.05, 0) is 34.7 Å². The standard InChI is InChI=1S/C22H26N8/c1-4-6-20-24-19(13-15(2)3)27-30(20)14-16-8-10-17(11-9-16)18-7-5-12-23-21(18)22-25-28-29-26-22/h5,7-12,15H,4,6,13-14H2,1-3H3,(H,25,26,28,29). The largest absolute Gasteiger partial charge is 0.252 e. The van der Waals surface area contributed by atoms with Crippen molar-refractivity contribution in [2.75, 3.05) is 0 Å². The number of H-pyrrole nitrogens is 1. The van der Waals surface area contributed by atoms with Crippen molar-refractivity contribution in [1.29, 1.82) is 0 Å².